The van der Waals surface area contributed by atoms with E-state index in [0.29, 0.717) is 11.3 Å². The molecule has 6 heteroatoms. The lowest BCUT2D eigenvalue weighted by molar-refractivity contribution is 0.0955. The van der Waals surface area contributed by atoms with Crippen molar-refractivity contribution in [2.45, 2.75) is 13.8 Å². The minimum atomic E-state index is -0.206. The summed E-state index contributed by atoms with van der Waals surface area (Å²) in [6, 6.07) is 3.64. The Kier molecular flexibility index (Phi) is 4.24. The summed E-state index contributed by atoms with van der Waals surface area (Å²) in [5.41, 5.74) is 4.16. The Hall–Kier alpha value is -2.08. The van der Waals surface area contributed by atoms with Crippen molar-refractivity contribution in [3.8, 4) is 0 Å². The fourth-order valence-electron chi connectivity index (χ4n) is 1.60. The number of anilines is 1. The SMILES string of the molecule is Cc1scc(C(=O)NN=Cc2ccc(N(C)C)o2)c1C. The van der Waals surface area contributed by atoms with Crippen LogP contribution in [0.2, 0.25) is 0 Å². The van der Waals surface area contributed by atoms with Gasteiger partial charge in [-0.05, 0) is 25.5 Å². The first-order valence-electron chi connectivity index (χ1n) is 6.14. The zero-order chi connectivity index (χ0) is 14.7. The van der Waals surface area contributed by atoms with E-state index in [9.17, 15) is 4.79 Å². The van der Waals surface area contributed by atoms with Gasteiger partial charge in [-0.3, -0.25) is 4.79 Å². The van der Waals surface area contributed by atoms with Gasteiger partial charge in [0.15, 0.2) is 5.88 Å². The average molecular weight is 291 g/mol. The molecule has 0 spiro atoms. The molecule has 0 aliphatic heterocycles. The molecule has 0 saturated heterocycles. The van der Waals surface area contributed by atoms with Crippen LogP contribution in [0.25, 0.3) is 0 Å². The van der Waals surface area contributed by atoms with Crippen molar-refractivity contribution in [2.75, 3.05) is 19.0 Å². The molecule has 2 aromatic heterocycles. The number of hydrogen-bond donors (Lipinski definition) is 1. The van der Waals surface area contributed by atoms with E-state index < -0.39 is 0 Å². The molecule has 0 radical (unpaired) electrons. The third kappa shape index (κ3) is 3.08. The Morgan fingerprint density at radius 2 is 2.15 bits per heavy atom. The third-order valence-electron chi connectivity index (χ3n) is 2.94. The maximum atomic E-state index is 11.9. The van der Waals surface area contributed by atoms with Crippen molar-refractivity contribution in [3.63, 3.8) is 0 Å². The quantitative estimate of drug-likeness (QED) is 0.696. The second-order valence-corrected chi connectivity index (χ2v) is 5.68. The number of aryl methyl sites for hydroxylation is 1. The van der Waals surface area contributed by atoms with Crippen LogP contribution in [0.5, 0.6) is 0 Å². The van der Waals surface area contributed by atoms with Gasteiger partial charge in [-0.2, -0.15) is 5.10 Å². The molecule has 0 fully saturated rings. The molecule has 2 heterocycles. The number of amides is 1. The first kappa shape index (κ1) is 14.3. The molecule has 5 nitrogen and oxygen atoms in total. The summed E-state index contributed by atoms with van der Waals surface area (Å²) in [4.78, 5) is 14.9. The summed E-state index contributed by atoms with van der Waals surface area (Å²) in [7, 11) is 3.78. The number of rotatable bonds is 4. The Bertz CT molecular complexity index is 641. The maximum absolute atomic E-state index is 11.9. The van der Waals surface area contributed by atoms with Crippen LogP contribution in [-0.2, 0) is 0 Å². The Morgan fingerprint density at radius 1 is 1.40 bits per heavy atom. The average Bonchev–Trinajstić information content (AvgIpc) is 2.98. The van der Waals surface area contributed by atoms with Gasteiger partial charge in [0, 0.05) is 30.4 Å². The molecule has 106 valence electrons. The molecule has 0 aliphatic carbocycles. The van der Waals surface area contributed by atoms with E-state index in [0.717, 1.165) is 16.3 Å². The van der Waals surface area contributed by atoms with Crippen molar-refractivity contribution in [2.24, 2.45) is 5.10 Å². The van der Waals surface area contributed by atoms with Crippen molar-refractivity contribution < 1.29 is 9.21 Å². The minimum Gasteiger partial charge on any atom is -0.440 e. The number of nitrogens with one attached hydrogen (secondary N) is 1. The van der Waals surface area contributed by atoms with Gasteiger partial charge in [-0.15, -0.1) is 11.3 Å². The first-order valence-corrected chi connectivity index (χ1v) is 7.02. The Labute approximate surface area is 121 Å². The smallest absolute Gasteiger partial charge is 0.272 e. The summed E-state index contributed by atoms with van der Waals surface area (Å²) in [6.07, 6.45) is 1.49. The summed E-state index contributed by atoms with van der Waals surface area (Å²) < 4.78 is 5.49. The fourth-order valence-corrected chi connectivity index (χ4v) is 2.47. The number of hydrazone groups is 1. The number of carbonyl (C=O) groups excluding carboxylic acids is 1. The van der Waals surface area contributed by atoms with Crippen molar-refractivity contribution >= 4 is 29.3 Å². The van der Waals surface area contributed by atoms with E-state index in [-0.39, 0.29) is 5.91 Å². The monoisotopic (exact) mass is 291 g/mol. The molecule has 0 bridgehead atoms. The summed E-state index contributed by atoms with van der Waals surface area (Å²) >= 11 is 1.56. The standard InChI is InChI=1S/C14H17N3O2S/c1-9-10(2)20-8-12(9)14(18)16-15-7-11-5-6-13(19-11)17(3)4/h5-8H,1-4H3,(H,16,18). The van der Waals surface area contributed by atoms with Crippen LogP contribution in [-0.4, -0.2) is 26.2 Å². The lowest BCUT2D eigenvalue weighted by atomic mass is 10.2. The molecule has 0 aromatic carbocycles. The van der Waals surface area contributed by atoms with E-state index in [2.05, 4.69) is 10.5 Å². The van der Waals surface area contributed by atoms with E-state index >= 15 is 0 Å². The van der Waals surface area contributed by atoms with E-state index in [1.165, 1.54) is 6.21 Å². The van der Waals surface area contributed by atoms with E-state index in [4.69, 9.17) is 4.42 Å². The van der Waals surface area contributed by atoms with Gasteiger partial charge in [0.2, 0.25) is 0 Å². The van der Waals surface area contributed by atoms with Crippen LogP contribution >= 0.6 is 11.3 Å². The predicted octanol–water partition coefficient (Wildman–Crippen LogP) is 2.79. The predicted molar refractivity (Wildman–Crippen MR) is 81.9 cm³/mol. The van der Waals surface area contributed by atoms with Gasteiger partial charge in [0.1, 0.15) is 5.76 Å². The second kappa shape index (κ2) is 5.92. The topological polar surface area (TPSA) is 57.8 Å². The highest BCUT2D eigenvalue weighted by molar-refractivity contribution is 7.10. The van der Waals surface area contributed by atoms with Crippen molar-refractivity contribution in [1.29, 1.82) is 0 Å². The van der Waals surface area contributed by atoms with Gasteiger partial charge in [0.05, 0.1) is 11.8 Å². The molecule has 0 atom stereocenters. The van der Waals surface area contributed by atoms with Crippen LogP contribution in [0.4, 0.5) is 5.88 Å². The van der Waals surface area contributed by atoms with Crippen molar-refractivity contribution in [1.82, 2.24) is 5.43 Å². The number of furan rings is 1. The molecular formula is C14H17N3O2S. The molecular weight excluding hydrogens is 274 g/mol. The summed E-state index contributed by atoms with van der Waals surface area (Å²) in [6.45, 7) is 3.92. The van der Waals surface area contributed by atoms with Crippen molar-refractivity contribution in [3.05, 3.63) is 39.3 Å². The lowest BCUT2D eigenvalue weighted by Crippen LogP contribution is -2.17. The maximum Gasteiger partial charge on any atom is 0.272 e. The second-order valence-electron chi connectivity index (χ2n) is 4.60. The number of hydrogen-bond acceptors (Lipinski definition) is 5. The minimum absolute atomic E-state index is 0.206. The molecule has 2 rings (SSSR count). The number of thiophene rings is 1. The number of carbonyl (C=O) groups is 1. The fraction of sp³-hybridized carbons (Fsp3) is 0.286. The number of nitrogens with zero attached hydrogens (tertiary/aromatic N) is 2. The Morgan fingerprint density at radius 3 is 2.70 bits per heavy atom. The van der Waals surface area contributed by atoms with Crippen LogP contribution < -0.4 is 10.3 Å². The normalized spacial score (nSPS) is 11.0. The van der Waals surface area contributed by atoms with Gasteiger partial charge < -0.3 is 9.32 Å². The molecule has 1 amide bonds. The molecule has 1 N–H and O–H groups in total. The summed E-state index contributed by atoms with van der Waals surface area (Å²) in [5, 5.41) is 5.75. The molecule has 0 aliphatic rings. The Balaban J connectivity index is 1.99. The van der Waals surface area contributed by atoms with Gasteiger partial charge >= 0.3 is 0 Å². The molecule has 0 saturated carbocycles. The summed E-state index contributed by atoms with van der Waals surface area (Å²) in [5.74, 6) is 1.12. The molecule has 20 heavy (non-hydrogen) atoms. The van der Waals surface area contributed by atoms with Crippen LogP contribution in [0.3, 0.4) is 0 Å². The van der Waals surface area contributed by atoms with Gasteiger partial charge in [-0.1, -0.05) is 0 Å². The zero-order valence-corrected chi connectivity index (χ0v) is 12.7. The zero-order valence-electron chi connectivity index (χ0n) is 11.9. The molecule has 2 aromatic rings. The highest BCUT2D eigenvalue weighted by Gasteiger charge is 2.11. The largest absolute Gasteiger partial charge is 0.440 e. The highest BCUT2D eigenvalue weighted by Crippen LogP contribution is 2.20. The van der Waals surface area contributed by atoms with E-state index in [1.807, 2.05) is 44.3 Å². The highest BCUT2D eigenvalue weighted by atomic mass is 32.1. The van der Waals surface area contributed by atoms with Crippen LogP contribution in [0.1, 0.15) is 26.6 Å². The molecule has 0 unspecified atom stereocenters. The lowest BCUT2D eigenvalue weighted by Gasteiger charge is -2.05. The van der Waals surface area contributed by atoms with Gasteiger partial charge in [-0.25, -0.2) is 5.43 Å². The van der Waals surface area contributed by atoms with Gasteiger partial charge in [0.25, 0.3) is 5.91 Å². The van der Waals surface area contributed by atoms with Crippen LogP contribution in [0, 0.1) is 13.8 Å². The van der Waals surface area contributed by atoms with Crippen LogP contribution in [0.15, 0.2) is 27.0 Å². The third-order valence-corrected chi connectivity index (χ3v) is 3.95. The first-order chi connectivity index (χ1) is 9.49. The van der Waals surface area contributed by atoms with E-state index in [1.54, 1.807) is 17.4 Å².